The fourth-order valence-electron chi connectivity index (χ4n) is 1.80. The largest absolute Gasteiger partial charge is 0.314 e. The molecule has 96 valence electrons. The standard InChI is InChI=1S/C14H21Cl2N/c1-4-7-17-11(3)10(2)8-12-9-13(15)5-6-14(12)16/h5-6,9-11,17H,4,7-8H2,1-3H3. The number of benzene rings is 1. The zero-order valence-electron chi connectivity index (χ0n) is 10.8. The van der Waals surface area contributed by atoms with Crippen molar-refractivity contribution in [2.75, 3.05) is 6.54 Å². The van der Waals surface area contributed by atoms with E-state index in [9.17, 15) is 0 Å². The van der Waals surface area contributed by atoms with Crippen molar-refractivity contribution in [1.29, 1.82) is 0 Å². The molecule has 2 atom stereocenters. The summed E-state index contributed by atoms with van der Waals surface area (Å²) in [6.07, 6.45) is 2.12. The van der Waals surface area contributed by atoms with E-state index in [4.69, 9.17) is 23.2 Å². The van der Waals surface area contributed by atoms with E-state index in [1.807, 2.05) is 18.2 Å². The summed E-state index contributed by atoms with van der Waals surface area (Å²) < 4.78 is 0. The van der Waals surface area contributed by atoms with Crippen LogP contribution in [0.15, 0.2) is 18.2 Å². The van der Waals surface area contributed by atoms with Crippen LogP contribution in [0.2, 0.25) is 10.0 Å². The van der Waals surface area contributed by atoms with E-state index < -0.39 is 0 Å². The van der Waals surface area contributed by atoms with Crippen molar-refractivity contribution in [3.63, 3.8) is 0 Å². The highest BCUT2D eigenvalue weighted by molar-refractivity contribution is 6.33. The lowest BCUT2D eigenvalue weighted by Crippen LogP contribution is -2.33. The Morgan fingerprint density at radius 3 is 2.59 bits per heavy atom. The molecule has 0 heterocycles. The van der Waals surface area contributed by atoms with Crippen LogP contribution in [0, 0.1) is 5.92 Å². The molecular formula is C14H21Cl2N. The van der Waals surface area contributed by atoms with Crippen LogP contribution in [-0.4, -0.2) is 12.6 Å². The van der Waals surface area contributed by atoms with Gasteiger partial charge in [-0.05, 0) is 56.0 Å². The maximum absolute atomic E-state index is 6.17. The lowest BCUT2D eigenvalue weighted by atomic mass is 9.95. The average Bonchev–Trinajstić information content (AvgIpc) is 2.30. The van der Waals surface area contributed by atoms with Crippen molar-refractivity contribution < 1.29 is 0 Å². The number of rotatable bonds is 6. The van der Waals surface area contributed by atoms with E-state index >= 15 is 0 Å². The van der Waals surface area contributed by atoms with E-state index in [1.54, 1.807) is 0 Å². The highest BCUT2D eigenvalue weighted by Crippen LogP contribution is 2.24. The summed E-state index contributed by atoms with van der Waals surface area (Å²) in [5, 5.41) is 5.07. The molecule has 17 heavy (non-hydrogen) atoms. The number of nitrogens with one attached hydrogen (secondary N) is 1. The smallest absolute Gasteiger partial charge is 0.0439 e. The Bertz CT molecular complexity index is 352. The van der Waals surface area contributed by atoms with E-state index in [-0.39, 0.29) is 0 Å². The van der Waals surface area contributed by atoms with Crippen molar-refractivity contribution >= 4 is 23.2 Å². The molecule has 0 saturated heterocycles. The molecule has 0 aliphatic carbocycles. The molecule has 1 N–H and O–H groups in total. The molecule has 0 saturated carbocycles. The van der Waals surface area contributed by atoms with Crippen molar-refractivity contribution in [1.82, 2.24) is 5.32 Å². The van der Waals surface area contributed by atoms with Gasteiger partial charge in [0.1, 0.15) is 0 Å². The van der Waals surface area contributed by atoms with Crippen LogP contribution in [0.25, 0.3) is 0 Å². The molecule has 2 unspecified atom stereocenters. The SMILES string of the molecule is CCCNC(C)C(C)Cc1cc(Cl)ccc1Cl. The molecule has 0 aromatic heterocycles. The molecule has 0 aliphatic heterocycles. The van der Waals surface area contributed by atoms with Gasteiger partial charge in [-0.25, -0.2) is 0 Å². The predicted octanol–water partition coefficient (Wildman–Crippen LogP) is 4.56. The van der Waals surface area contributed by atoms with Gasteiger partial charge >= 0.3 is 0 Å². The van der Waals surface area contributed by atoms with E-state index in [0.717, 1.165) is 35.0 Å². The minimum atomic E-state index is 0.491. The third kappa shape index (κ3) is 4.87. The monoisotopic (exact) mass is 273 g/mol. The van der Waals surface area contributed by atoms with Crippen molar-refractivity contribution in [3.05, 3.63) is 33.8 Å². The van der Waals surface area contributed by atoms with Crippen LogP contribution in [0.1, 0.15) is 32.8 Å². The molecule has 0 radical (unpaired) electrons. The van der Waals surface area contributed by atoms with Crippen molar-refractivity contribution in [2.24, 2.45) is 5.92 Å². The van der Waals surface area contributed by atoms with Crippen molar-refractivity contribution in [2.45, 2.75) is 39.7 Å². The fourth-order valence-corrected chi connectivity index (χ4v) is 2.19. The molecule has 1 aromatic rings. The number of hydrogen-bond acceptors (Lipinski definition) is 1. The average molecular weight is 274 g/mol. The Labute approximate surface area is 115 Å². The minimum absolute atomic E-state index is 0.491. The second-order valence-corrected chi connectivity index (χ2v) is 5.50. The molecule has 1 rings (SSSR count). The summed E-state index contributed by atoms with van der Waals surface area (Å²) >= 11 is 12.2. The summed E-state index contributed by atoms with van der Waals surface area (Å²) in [7, 11) is 0. The van der Waals surface area contributed by atoms with Crippen LogP contribution >= 0.6 is 23.2 Å². The molecule has 0 aliphatic rings. The Kier molecular flexibility index (Phi) is 6.32. The molecular weight excluding hydrogens is 253 g/mol. The third-order valence-electron chi connectivity index (χ3n) is 3.12. The van der Waals surface area contributed by atoms with Crippen LogP contribution in [0.3, 0.4) is 0 Å². The molecule has 1 aromatic carbocycles. The molecule has 0 spiro atoms. The van der Waals surface area contributed by atoms with Crippen LogP contribution in [0.5, 0.6) is 0 Å². The van der Waals surface area contributed by atoms with Gasteiger partial charge in [0.2, 0.25) is 0 Å². The third-order valence-corrected chi connectivity index (χ3v) is 3.72. The highest BCUT2D eigenvalue weighted by atomic mass is 35.5. The van der Waals surface area contributed by atoms with Gasteiger partial charge in [0.15, 0.2) is 0 Å². The van der Waals surface area contributed by atoms with Crippen LogP contribution in [-0.2, 0) is 6.42 Å². The zero-order chi connectivity index (χ0) is 12.8. The maximum Gasteiger partial charge on any atom is 0.0439 e. The zero-order valence-corrected chi connectivity index (χ0v) is 12.3. The van der Waals surface area contributed by atoms with Gasteiger partial charge in [-0.1, -0.05) is 37.0 Å². The Morgan fingerprint density at radius 2 is 1.94 bits per heavy atom. The lowest BCUT2D eigenvalue weighted by Gasteiger charge is -2.21. The van der Waals surface area contributed by atoms with Gasteiger partial charge in [0, 0.05) is 16.1 Å². The molecule has 3 heteroatoms. The summed E-state index contributed by atoms with van der Waals surface area (Å²) in [5.41, 5.74) is 1.14. The summed E-state index contributed by atoms with van der Waals surface area (Å²) in [6, 6.07) is 6.16. The van der Waals surface area contributed by atoms with Gasteiger partial charge in [0.25, 0.3) is 0 Å². The van der Waals surface area contributed by atoms with Crippen LogP contribution < -0.4 is 5.32 Å². The summed E-state index contributed by atoms with van der Waals surface area (Å²) in [4.78, 5) is 0. The number of halogens is 2. The summed E-state index contributed by atoms with van der Waals surface area (Å²) in [5.74, 6) is 0.539. The quantitative estimate of drug-likeness (QED) is 0.801. The van der Waals surface area contributed by atoms with Gasteiger partial charge in [-0.15, -0.1) is 0 Å². The first-order valence-electron chi connectivity index (χ1n) is 6.22. The van der Waals surface area contributed by atoms with Crippen LogP contribution in [0.4, 0.5) is 0 Å². The normalized spacial score (nSPS) is 14.6. The second kappa shape index (κ2) is 7.25. The first kappa shape index (κ1) is 14.8. The fraction of sp³-hybridized carbons (Fsp3) is 0.571. The van der Waals surface area contributed by atoms with E-state index in [1.165, 1.54) is 0 Å². The lowest BCUT2D eigenvalue weighted by molar-refractivity contribution is 0.399. The Balaban J connectivity index is 2.60. The van der Waals surface area contributed by atoms with Gasteiger partial charge in [0.05, 0.1) is 0 Å². The first-order valence-corrected chi connectivity index (χ1v) is 6.97. The highest BCUT2D eigenvalue weighted by Gasteiger charge is 2.13. The van der Waals surface area contributed by atoms with E-state index in [0.29, 0.717) is 12.0 Å². The Hall–Kier alpha value is -0.240. The second-order valence-electron chi connectivity index (χ2n) is 4.66. The first-order chi connectivity index (χ1) is 8.04. The topological polar surface area (TPSA) is 12.0 Å². The summed E-state index contributed by atoms with van der Waals surface area (Å²) in [6.45, 7) is 7.70. The van der Waals surface area contributed by atoms with Gasteiger partial charge in [-0.2, -0.15) is 0 Å². The molecule has 0 amide bonds. The molecule has 0 bridgehead atoms. The molecule has 1 nitrogen and oxygen atoms in total. The van der Waals surface area contributed by atoms with E-state index in [2.05, 4.69) is 26.1 Å². The number of hydrogen-bond donors (Lipinski definition) is 1. The maximum atomic E-state index is 6.17. The predicted molar refractivity (Wildman–Crippen MR) is 77.1 cm³/mol. The molecule has 0 fully saturated rings. The van der Waals surface area contributed by atoms with Gasteiger partial charge < -0.3 is 5.32 Å². The van der Waals surface area contributed by atoms with Gasteiger partial charge in [-0.3, -0.25) is 0 Å². The van der Waals surface area contributed by atoms with Crippen molar-refractivity contribution in [3.8, 4) is 0 Å². The Morgan fingerprint density at radius 1 is 1.24 bits per heavy atom. The minimum Gasteiger partial charge on any atom is -0.314 e.